The largest absolute Gasteiger partial charge is 0.477 e. The number of nitrogens with one attached hydrogen (secondary N) is 1. The van der Waals surface area contributed by atoms with Crippen molar-refractivity contribution in [3.8, 4) is 0 Å². The van der Waals surface area contributed by atoms with Crippen molar-refractivity contribution >= 4 is 11.8 Å². The van der Waals surface area contributed by atoms with Crippen LogP contribution in [0.4, 0.5) is 5.82 Å². The number of nitrogens with zero attached hydrogens (tertiary/aromatic N) is 3. The molecule has 0 saturated carbocycles. The standard InChI is InChI=1S/C11H12N4O2/c1-15(6-8-2-3-12-4-8)10-9(11(16)17)5-13-7-14-10/h2-5,7,12H,6H2,1H3,(H,16,17). The van der Waals surface area contributed by atoms with Gasteiger partial charge in [0.05, 0.1) is 0 Å². The van der Waals surface area contributed by atoms with Crippen LogP contribution in [0.15, 0.2) is 31.0 Å². The van der Waals surface area contributed by atoms with Crippen molar-refractivity contribution in [2.45, 2.75) is 6.54 Å². The van der Waals surface area contributed by atoms with Gasteiger partial charge in [-0.25, -0.2) is 14.8 Å². The zero-order valence-corrected chi connectivity index (χ0v) is 9.29. The lowest BCUT2D eigenvalue weighted by atomic mass is 10.2. The van der Waals surface area contributed by atoms with E-state index < -0.39 is 5.97 Å². The zero-order valence-electron chi connectivity index (χ0n) is 9.29. The highest BCUT2D eigenvalue weighted by Crippen LogP contribution is 2.16. The van der Waals surface area contributed by atoms with E-state index in [1.807, 2.05) is 18.5 Å². The van der Waals surface area contributed by atoms with E-state index >= 15 is 0 Å². The predicted molar refractivity (Wildman–Crippen MR) is 61.9 cm³/mol. The van der Waals surface area contributed by atoms with Crippen molar-refractivity contribution in [3.05, 3.63) is 42.1 Å². The summed E-state index contributed by atoms with van der Waals surface area (Å²) < 4.78 is 0. The summed E-state index contributed by atoms with van der Waals surface area (Å²) in [6.45, 7) is 0.584. The highest BCUT2D eigenvalue weighted by Gasteiger charge is 2.15. The molecule has 0 saturated heterocycles. The van der Waals surface area contributed by atoms with Crippen LogP contribution in [0.3, 0.4) is 0 Å². The van der Waals surface area contributed by atoms with Gasteiger partial charge >= 0.3 is 5.97 Å². The summed E-state index contributed by atoms with van der Waals surface area (Å²) in [6.07, 6.45) is 6.33. The van der Waals surface area contributed by atoms with Crippen molar-refractivity contribution in [1.29, 1.82) is 0 Å². The van der Waals surface area contributed by atoms with Crippen LogP contribution in [-0.4, -0.2) is 33.1 Å². The Bertz CT molecular complexity index is 510. The van der Waals surface area contributed by atoms with Gasteiger partial charge in [-0.15, -0.1) is 0 Å². The monoisotopic (exact) mass is 232 g/mol. The van der Waals surface area contributed by atoms with Crippen molar-refractivity contribution in [3.63, 3.8) is 0 Å². The molecule has 2 heterocycles. The molecule has 88 valence electrons. The van der Waals surface area contributed by atoms with Gasteiger partial charge in [-0.05, 0) is 11.6 Å². The van der Waals surface area contributed by atoms with Crippen molar-refractivity contribution in [2.24, 2.45) is 0 Å². The normalized spacial score (nSPS) is 10.2. The van der Waals surface area contributed by atoms with Crippen LogP contribution < -0.4 is 4.90 Å². The quantitative estimate of drug-likeness (QED) is 0.826. The van der Waals surface area contributed by atoms with Crippen LogP contribution in [0.25, 0.3) is 0 Å². The van der Waals surface area contributed by atoms with Crippen LogP contribution in [0.1, 0.15) is 15.9 Å². The number of hydrogen-bond acceptors (Lipinski definition) is 4. The Balaban J connectivity index is 2.24. The molecule has 0 atom stereocenters. The molecule has 2 aromatic heterocycles. The molecule has 0 bridgehead atoms. The number of aromatic nitrogens is 3. The zero-order chi connectivity index (χ0) is 12.3. The van der Waals surface area contributed by atoms with Gasteiger partial charge in [-0.3, -0.25) is 0 Å². The lowest BCUT2D eigenvalue weighted by Crippen LogP contribution is -2.20. The fourth-order valence-electron chi connectivity index (χ4n) is 1.58. The minimum Gasteiger partial charge on any atom is -0.477 e. The molecule has 0 aliphatic rings. The maximum Gasteiger partial charge on any atom is 0.341 e. The Morgan fingerprint density at radius 3 is 3.06 bits per heavy atom. The topological polar surface area (TPSA) is 82.1 Å². The maximum atomic E-state index is 11.0. The van der Waals surface area contributed by atoms with E-state index in [0.717, 1.165) is 5.56 Å². The average Bonchev–Trinajstić information content (AvgIpc) is 2.81. The molecule has 0 amide bonds. The van der Waals surface area contributed by atoms with Gasteiger partial charge in [0, 0.05) is 32.2 Å². The predicted octanol–water partition coefficient (Wildman–Crippen LogP) is 1.14. The number of rotatable bonds is 4. The van der Waals surface area contributed by atoms with Crippen LogP contribution in [0.2, 0.25) is 0 Å². The molecular formula is C11H12N4O2. The van der Waals surface area contributed by atoms with E-state index in [-0.39, 0.29) is 5.56 Å². The fraction of sp³-hybridized carbons (Fsp3) is 0.182. The molecule has 0 aliphatic heterocycles. The first-order valence-corrected chi connectivity index (χ1v) is 5.04. The molecule has 17 heavy (non-hydrogen) atoms. The number of hydrogen-bond donors (Lipinski definition) is 2. The first-order valence-electron chi connectivity index (χ1n) is 5.04. The van der Waals surface area contributed by atoms with E-state index in [0.29, 0.717) is 12.4 Å². The Morgan fingerprint density at radius 1 is 1.59 bits per heavy atom. The molecule has 0 aliphatic carbocycles. The van der Waals surface area contributed by atoms with E-state index in [4.69, 9.17) is 5.11 Å². The van der Waals surface area contributed by atoms with Gasteiger partial charge in [0.25, 0.3) is 0 Å². The Hall–Kier alpha value is -2.37. The second-order valence-electron chi connectivity index (χ2n) is 3.64. The van der Waals surface area contributed by atoms with E-state index in [1.165, 1.54) is 12.5 Å². The highest BCUT2D eigenvalue weighted by atomic mass is 16.4. The number of aromatic amines is 1. The number of anilines is 1. The van der Waals surface area contributed by atoms with Crippen molar-refractivity contribution < 1.29 is 9.90 Å². The van der Waals surface area contributed by atoms with Crippen LogP contribution in [0, 0.1) is 0 Å². The summed E-state index contributed by atoms with van der Waals surface area (Å²) in [5.41, 5.74) is 1.16. The van der Waals surface area contributed by atoms with E-state index in [1.54, 1.807) is 11.9 Å². The second-order valence-corrected chi connectivity index (χ2v) is 3.64. The fourth-order valence-corrected chi connectivity index (χ4v) is 1.58. The summed E-state index contributed by atoms with van der Waals surface area (Å²) in [6, 6.07) is 1.93. The SMILES string of the molecule is CN(Cc1cc[nH]c1)c1ncncc1C(=O)O. The first-order chi connectivity index (χ1) is 8.18. The molecule has 6 heteroatoms. The number of H-pyrrole nitrogens is 1. The molecule has 0 unspecified atom stereocenters. The second kappa shape index (κ2) is 4.65. The summed E-state index contributed by atoms with van der Waals surface area (Å²) in [5, 5.41) is 9.03. The minimum absolute atomic E-state index is 0.102. The van der Waals surface area contributed by atoms with Crippen LogP contribution in [-0.2, 0) is 6.54 Å². The van der Waals surface area contributed by atoms with Gasteiger partial charge < -0.3 is 15.0 Å². The van der Waals surface area contributed by atoms with E-state index in [2.05, 4.69) is 15.0 Å². The lowest BCUT2D eigenvalue weighted by molar-refractivity contribution is 0.0696. The molecule has 0 aromatic carbocycles. The minimum atomic E-state index is -1.03. The summed E-state index contributed by atoms with van der Waals surface area (Å²) in [7, 11) is 1.79. The third kappa shape index (κ3) is 2.41. The van der Waals surface area contributed by atoms with Gasteiger partial charge in [0.15, 0.2) is 0 Å². The summed E-state index contributed by atoms with van der Waals surface area (Å²) in [4.78, 5) is 23.5. The number of aromatic carboxylic acids is 1. The van der Waals surface area contributed by atoms with Gasteiger partial charge in [-0.1, -0.05) is 0 Å². The Kier molecular flexibility index (Phi) is 3.04. The molecule has 0 fully saturated rings. The van der Waals surface area contributed by atoms with E-state index in [9.17, 15) is 4.79 Å². The Labute approximate surface area is 97.9 Å². The molecular weight excluding hydrogens is 220 g/mol. The molecule has 2 N–H and O–H groups in total. The van der Waals surface area contributed by atoms with Crippen molar-refractivity contribution in [1.82, 2.24) is 15.0 Å². The first kappa shape index (κ1) is 11.1. The molecule has 6 nitrogen and oxygen atoms in total. The number of carboxylic acids is 1. The highest BCUT2D eigenvalue weighted by molar-refractivity contribution is 5.92. The third-order valence-electron chi connectivity index (χ3n) is 2.37. The molecule has 2 aromatic rings. The van der Waals surface area contributed by atoms with Crippen LogP contribution in [0.5, 0.6) is 0 Å². The maximum absolute atomic E-state index is 11.0. The third-order valence-corrected chi connectivity index (χ3v) is 2.37. The van der Waals surface area contributed by atoms with Crippen LogP contribution >= 0.6 is 0 Å². The van der Waals surface area contributed by atoms with Gasteiger partial charge in [0.1, 0.15) is 17.7 Å². The van der Waals surface area contributed by atoms with Gasteiger partial charge in [0.2, 0.25) is 0 Å². The Morgan fingerprint density at radius 2 is 2.41 bits per heavy atom. The molecule has 0 spiro atoms. The number of carboxylic acid groups (broad SMARTS) is 1. The molecule has 2 rings (SSSR count). The molecule has 0 radical (unpaired) electrons. The van der Waals surface area contributed by atoms with Crippen molar-refractivity contribution in [2.75, 3.05) is 11.9 Å². The smallest absolute Gasteiger partial charge is 0.341 e. The summed E-state index contributed by atoms with van der Waals surface area (Å²) in [5.74, 6) is -0.616. The number of carbonyl (C=O) groups is 1. The summed E-state index contributed by atoms with van der Waals surface area (Å²) >= 11 is 0. The average molecular weight is 232 g/mol. The van der Waals surface area contributed by atoms with Gasteiger partial charge in [-0.2, -0.15) is 0 Å². The lowest BCUT2D eigenvalue weighted by Gasteiger charge is -2.18.